The van der Waals surface area contributed by atoms with Crippen molar-refractivity contribution in [1.29, 1.82) is 0 Å². The monoisotopic (exact) mass is 216 g/mol. The fourth-order valence-corrected chi connectivity index (χ4v) is 1.82. The highest BCUT2D eigenvalue weighted by atomic mass is 16.5. The Morgan fingerprint density at radius 1 is 1.60 bits per heavy atom. The summed E-state index contributed by atoms with van der Waals surface area (Å²) >= 11 is 0. The van der Waals surface area contributed by atoms with Gasteiger partial charge in [-0.05, 0) is 12.8 Å². The first-order valence-electron chi connectivity index (χ1n) is 5.38. The Kier molecular flexibility index (Phi) is 5.01. The van der Waals surface area contributed by atoms with Crippen LogP contribution in [0.4, 0.5) is 0 Å². The van der Waals surface area contributed by atoms with Crippen molar-refractivity contribution in [1.82, 2.24) is 5.32 Å². The lowest BCUT2D eigenvalue weighted by atomic mass is 9.92. The van der Waals surface area contributed by atoms with Gasteiger partial charge in [0, 0.05) is 7.11 Å². The highest BCUT2D eigenvalue weighted by Gasteiger charge is 2.26. The van der Waals surface area contributed by atoms with E-state index in [0.29, 0.717) is 0 Å². The molecule has 1 aliphatic carbocycles. The van der Waals surface area contributed by atoms with E-state index in [4.69, 9.17) is 10.5 Å². The molecule has 0 aromatic heterocycles. The number of rotatable bonds is 4. The first-order chi connectivity index (χ1) is 7.15. The molecule has 1 rings (SSSR count). The molecule has 0 aromatic rings. The van der Waals surface area contributed by atoms with E-state index < -0.39 is 12.1 Å². The maximum Gasteiger partial charge on any atom is 0.239 e. The van der Waals surface area contributed by atoms with Crippen LogP contribution in [-0.4, -0.2) is 42.9 Å². The quantitative estimate of drug-likeness (QED) is 0.584. The van der Waals surface area contributed by atoms with Crippen LogP contribution < -0.4 is 11.1 Å². The topological polar surface area (TPSA) is 84.6 Å². The summed E-state index contributed by atoms with van der Waals surface area (Å²) in [4.78, 5) is 11.5. The van der Waals surface area contributed by atoms with E-state index in [1.807, 2.05) is 0 Å². The number of nitrogens with two attached hydrogens (primary N) is 1. The van der Waals surface area contributed by atoms with E-state index in [2.05, 4.69) is 5.32 Å². The Morgan fingerprint density at radius 2 is 2.27 bits per heavy atom. The molecule has 1 aliphatic rings. The number of aliphatic hydroxyl groups excluding tert-OH is 1. The molecular weight excluding hydrogens is 196 g/mol. The third-order valence-corrected chi connectivity index (χ3v) is 2.74. The van der Waals surface area contributed by atoms with Gasteiger partial charge in [-0.1, -0.05) is 12.8 Å². The molecule has 0 spiro atoms. The van der Waals surface area contributed by atoms with Crippen LogP contribution in [0.1, 0.15) is 25.7 Å². The molecule has 15 heavy (non-hydrogen) atoms. The number of methoxy groups -OCH3 is 1. The predicted molar refractivity (Wildman–Crippen MR) is 56.3 cm³/mol. The number of nitrogens with one attached hydrogen (secondary N) is 1. The van der Waals surface area contributed by atoms with Crippen LogP contribution in [0.15, 0.2) is 0 Å². The fourth-order valence-electron chi connectivity index (χ4n) is 1.82. The predicted octanol–water partition coefficient (Wildman–Crippen LogP) is -0.620. The van der Waals surface area contributed by atoms with Crippen LogP contribution in [-0.2, 0) is 9.53 Å². The van der Waals surface area contributed by atoms with Gasteiger partial charge in [0.05, 0.1) is 18.8 Å². The second kappa shape index (κ2) is 6.05. The minimum Gasteiger partial charge on any atom is -0.391 e. The molecule has 1 fully saturated rings. The van der Waals surface area contributed by atoms with Crippen LogP contribution in [0.5, 0.6) is 0 Å². The number of hydrogen-bond acceptors (Lipinski definition) is 4. The lowest BCUT2D eigenvalue weighted by molar-refractivity contribution is -0.125. The van der Waals surface area contributed by atoms with Crippen LogP contribution in [0.25, 0.3) is 0 Å². The van der Waals surface area contributed by atoms with Crippen molar-refractivity contribution in [2.75, 3.05) is 13.7 Å². The normalized spacial score (nSPS) is 28.5. The molecule has 0 heterocycles. The van der Waals surface area contributed by atoms with Gasteiger partial charge in [0.25, 0.3) is 0 Å². The third-order valence-electron chi connectivity index (χ3n) is 2.74. The van der Waals surface area contributed by atoms with Crippen LogP contribution in [0.3, 0.4) is 0 Å². The van der Waals surface area contributed by atoms with Gasteiger partial charge in [0.1, 0.15) is 6.04 Å². The summed E-state index contributed by atoms with van der Waals surface area (Å²) < 4.78 is 4.79. The minimum absolute atomic E-state index is 0.144. The van der Waals surface area contributed by atoms with Gasteiger partial charge in [-0.15, -0.1) is 0 Å². The summed E-state index contributed by atoms with van der Waals surface area (Å²) in [7, 11) is 1.50. The largest absolute Gasteiger partial charge is 0.391 e. The molecule has 5 heteroatoms. The lowest BCUT2D eigenvalue weighted by Gasteiger charge is -2.29. The molecule has 0 aliphatic heterocycles. The highest BCUT2D eigenvalue weighted by molar-refractivity contribution is 5.81. The standard InChI is InChI=1S/C10H20N2O3/c1-15-6-7(11)10(14)12-8-4-2-3-5-9(8)13/h7-9,13H,2-6,11H2,1H3,(H,12,14)/t7?,8-,9-/m1/s1. The van der Waals surface area contributed by atoms with Gasteiger partial charge in [-0.3, -0.25) is 4.79 Å². The zero-order valence-electron chi connectivity index (χ0n) is 9.11. The second-order valence-corrected chi connectivity index (χ2v) is 4.03. The van der Waals surface area contributed by atoms with Gasteiger partial charge in [-0.2, -0.15) is 0 Å². The third kappa shape index (κ3) is 3.77. The van der Waals surface area contributed by atoms with Gasteiger partial charge in [0.2, 0.25) is 5.91 Å². The Morgan fingerprint density at radius 3 is 2.87 bits per heavy atom. The number of carbonyl (C=O) groups is 1. The van der Waals surface area contributed by atoms with E-state index in [1.54, 1.807) is 0 Å². The average molecular weight is 216 g/mol. The molecule has 4 N–H and O–H groups in total. The molecule has 1 saturated carbocycles. The summed E-state index contributed by atoms with van der Waals surface area (Å²) in [5, 5.41) is 12.4. The van der Waals surface area contributed by atoms with Gasteiger partial charge in [0.15, 0.2) is 0 Å². The van der Waals surface area contributed by atoms with E-state index in [9.17, 15) is 9.90 Å². The van der Waals surface area contributed by atoms with Crippen LogP contribution in [0.2, 0.25) is 0 Å². The van der Waals surface area contributed by atoms with Crippen molar-refractivity contribution in [2.24, 2.45) is 5.73 Å². The lowest BCUT2D eigenvalue weighted by Crippen LogP contribution is -2.52. The van der Waals surface area contributed by atoms with Crippen molar-refractivity contribution in [3.05, 3.63) is 0 Å². The Bertz CT molecular complexity index is 211. The van der Waals surface area contributed by atoms with Gasteiger partial charge < -0.3 is 20.9 Å². The zero-order valence-corrected chi connectivity index (χ0v) is 9.11. The summed E-state index contributed by atoms with van der Waals surface area (Å²) in [6.45, 7) is 0.203. The maximum atomic E-state index is 11.5. The molecule has 1 amide bonds. The van der Waals surface area contributed by atoms with E-state index in [1.165, 1.54) is 7.11 Å². The van der Waals surface area contributed by atoms with Crippen molar-refractivity contribution < 1.29 is 14.6 Å². The van der Waals surface area contributed by atoms with Crippen LogP contribution in [0, 0.1) is 0 Å². The molecule has 3 atom stereocenters. The summed E-state index contributed by atoms with van der Waals surface area (Å²) in [6, 6.07) is -0.793. The van der Waals surface area contributed by atoms with Gasteiger partial charge >= 0.3 is 0 Å². The maximum absolute atomic E-state index is 11.5. The molecule has 0 saturated heterocycles. The molecule has 0 bridgehead atoms. The first-order valence-corrected chi connectivity index (χ1v) is 5.38. The smallest absolute Gasteiger partial charge is 0.239 e. The molecule has 1 unspecified atom stereocenters. The average Bonchev–Trinajstić information content (AvgIpc) is 2.21. The Labute approximate surface area is 90.0 Å². The van der Waals surface area contributed by atoms with E-state index >= 15 is 0 Å². The number of ether oxygens (including phenoxy) is 1. The van der Waals surface area contributed by atoms with Crippen molar-refractivity contribution in [3.8, 4) is 0 Å². The Balaban J connectivity index is 2.35. The molecule has 88 valence electrons. The van der Waals surface area contributed by atoms with Gasteiger partial charge in [-0.25, -0.2) is 0 Å². The van der Waals surface area contributed by atoms with E-state index in [0.717, 1.165) is 25.7 Å². The fraction of sp³-hybridized carbons (Fsp3) is 0.900. The SMILES string of the molecule is COCC(N)C(=O)N[C@@H]1CCCC[C@H]1O. The molecule has 0 aromatic carbocycles. The summed E-state index contributed by atoms with van der Waals surface area (Å²) in [5.41, 5.74) is 5.57. The minimum atomic E-state index is -0.649. The van der Waals surface area contributed by atoms with Crippen molar-refractivity contribution in [3.63, 3.8) is 0 Å². The number of aliphatic hydroxyl groups is 1. The molecule has 5 nitrogen and oxygen atoms in total. The van der Waals surface area contributed by atoms with Crippen molar-refractivity contribution in [2.45, 2.75) is 43.9 Å². The number of hydrogen-bond donors (Lipinski definition) is 3. The zero-order chi connectivity index (χ0) is 11.3. The van der Waals surface area contributed by atoms with Crippen molar-refractivity contribution >= 4 is 5.91 Å². The number of amides is 1. The van der Waals surface area contributed by atoms with Crippen LogP contribution >= 0.6 is 0 Å². The second-order valence-electron chi connectivity index (χ2n) is 4.03. The molecule has 0 radical (unpaired) electrons. The number of carbonyl (C=O) groups excluding carboxylic acids is 1. The highest BCUT2D eigenvalue weighted by Crippen LogP contribution is 2.18. The van der Waals surface area contributed by atoms with E-state index in [-0.39, 0.29) is 18.6 Å². The Hall–Kier alpha value is -0.650. The first kappa shape index (κ1) is 12.4. The molecular formula is C10H20N2O3. The summed E-state index contributed by atoms with van der Waals surface area (Å²) in [5.74, 6) is -0.247. The summed E-state index contributed by atoms with van der Waals surface area (Å²) in [6.07, 6.45) is 3.22.